The lowest BCUT2D eigenvalue weighted by atomic mass is 10.3. The zero-order chi connectivity index (χ0) is 17.8. The summed E-state index contributed by atoms with van der Waals surface area (Å²) in [5.74, 6) is 0.592. The standard InChI is InChI=1S/C16H13Cl2N5OS/c1-23-15(12-6-2-3-8-19-12)21-22-16(23)25-9-13(24)20-11-7-4-5-10(17)14(11)18/h2-8H,9H2,1H3,(H,20,24). The molecule has 2 heterocycles. The predicted molar refractivity (Wildman–Crippen MR) is 100 cm³/mol. The molecule has 9 heteroatoms. The van der Waals surface area contributed by atoms with Gasteiger partial charge in [0.1, 0.15) is 5.69 Å². The molecule has 0 aliphatic carbocycles. The van der Waals surface area contributed by atoms with Gasteiger partial charge in [0.25, 0.3) is 0 Å². The Labute approximate surface area is 158 Å². The summed E-state index contributed by atoms with van der Waals surface area (Å²) in [4.78, 5) is 16.4. The van der Waals surface area contributed by atoms with Gasteiger partial charge in [-0.3, -0.25) is 9.78 Å². The highest BCUT2D eigenvalue weighted by Gasteiger charge is 2.14. The molecular formula is C16H13Cl2N5OS. The smallest absolute Gasteiger partial charge is 0.234 e. The number of carbonyl (C=O) groups excluding carboxylic acids is 1. The van der Waals surface area contributed by atoms with Crippen molar-refractivity contribution in [3.05, 3.63) is 52.6 Å². The minimum absolute atomic E-state index is 0.164. The molecular weight excluding hydrogens is 381 g/mol. The number of halogens is 2. The van der Waals surface area contributed by atoms with Crippen molar-refractivity contribution in [1.82, 2.24) is 19.7 Å². The number of carbonyl (C=O) groups is 1. The third-order valence-electron chi connectivity index (χ3n) is 3.29. The molecule has 0 fully saturated rings. The summed E-state index contributed by atoms with van der Waals surface area (Å²) in [6, 6.07) is 10.6. The molecule has 3 rings (SSSR count). The third-order valence-corrected chi connectivity index (χ3v) is 5.13. The lowest BCUT2D eigenvalue weighted by Gasteiger charge is -2.08. The summed E-state index contributed by atoms with van der Waals surface area (Å²) in [6.45, 7) is 0. The van der Waals surface area contributed by atoms with Crippen LogP contribution in [0.5, 0.6) is 0 Å². The average molecular weight is 394 g/mol. The Morgan fingerprint density at radius 1 is 1.20 bits per heavy atom. The topological polar surface area (TPSA) is 72.7 Å². The fourth-order valence-electron chi connectivity index (χ4n) is 2.08. The molecule has 0 saturated heterocycles. The van der Waals surface area contributed by atoms with Gasteiger partial charge < -0.3 is 9.88 Å². The third kappa shape index (κ3) is 4.12. The molecule has 0 aliphatic rings. The van der Waals surface area contributed by atoms with Crippen molar-refractivity contribution in [2.45, 2.75) is 5.16 Å². The SMILES string of the molecule is Cn1c(SCC(=O)Nc2cccc(Cl)c2Cl)nnc1-c1ccccn1. The first-order chi connectivity index (χ1) is 12.1. The Hall–Kier alpha value is -2.09. The minimum atomic E-state index is -0.212. The van der Waals surface area contributed by atoms with E-state index >= 15 is 0 Å². The maximum Gasteiger partial charge on any atom is 0.234 e. The van der Waals surface area contributed by atoms with Gasteiger partial charge in [0.05, 0.1) is 21.5 Å². The van der Waals surface area contributed by atoms with Crippen molar-refractivity contribution in [2.75, 3.05) is 11.1 Å². The second kappa shape index (κ2) is 7.86. The molecule has 2 aromatic heterocycles. The molecule has 0 radical (unpaired) electrons. The van der Waals surface area contributed by atoms with Gasteiger partial charge in [-0.1, -0.05) is 47.1 Å². The molecule has 128 valence electrons. The van der Waals surface area contributed by atoms with Crippen LogP contribution < -0.4 is 5.32 Å². The molecule has 0 saturated carbocycles. The number of thioether (sulfide) groups is 1. The number of hydrogen-bond acceptors (Lipinski definition) is 5. The van der Waals surface area contributed by atoms with E-state index in [4.69, 9.17) is 23.2 Å². The van der Waals surface area contributed by atoms with E-state index in [1.54, 1.807) is 29.0 Å². The highest BCUT2D eigenvalue weighted by molar-refractivity contribution is 7.99. The number of nitrogens with one attached hydrogen (secondary N) is 1. The second-order valence-electron chi connectivity index (χ2n) is 5.02. The highest BCUT2D eigenvalue weighted by atomic mass is 35.5. The van der Waals surface area contributed by atoms with Crippen molar-refractivity contribution < 1.29 is 4.79 Å². The van der Waals surface area contributed by atoms with E-state index in [0.717, 1.165) is 5.69 Å². The number of rotatable bonds is 5. The Bertz CT molecular complexity index is 901. The average Bonchev–Trinajstić information content (AvgIpc) is 2.99. The van der Waals surface area contributed by atoms with Crippen molar-refractivity contribution >= 4 is 46.6 Å². The number of aromatic nitrogens is 4. The minimum Gasteiger partial charge on any atom is -0.324 e. The fourth-order valence-corrected chi connectivity index (χ4v) is 3.13. The van der Waals surface area contributed by atoms with Gasteiger partial charge in [-0.2, -0.15) is 0 Å². The molecule has 1 aromatic carbocycles. The van der Waals surface area contributed by atoms with Gasteiger partial charge in [0.2, 0.25) is 5.91 Å². The second-order valence-corrected chi connectivity index (χ2v) is 6.75. The molecule has 1 N–H and O–H groups in total. The highest BCUT2D eigenvalue weighted by Crippen LogP contribution is 2.29. The summed E-state index contributed by atoms with van der Waals surface area (Å²) < 4.78 is 1.80. The van der Waals surface area contributed by atoms with Crippen LogP contribution >= 0.6 is 35.0 Å². The lowest BCUT2D eigenvalue weighted by Crippen LogP contribution is -2.14. The number of benzene rings is 1. The summed E-state index contributed by atoms with van der Waals surface area (Å²) in [7, 11) is 1.83. The normalized spacial score (nSPS) is 10.7. The molecule has 0 spiro atoms. The van der Waals surface area contributed by atoms with Crippen molar-refractivity contribution in [3.8, 4) is 11.5 Å². The molecule has 0 bridgehead atoms. The molecule has 0 unspecified atom stereocenters. The van der Waals surface area contributed by atoms with Gasteiger partial charge in [-0.05, 0) is 24.3 Å². The molecule has 25 heavy (non-hydrogen) atoms. The largest absolute Gasteiger partial charge is 0.324 e. The van der Waals surface area contributed by atoms with E-state index in [1.165, 1.54) is 11.8 Å². The van der Waals surface area contributed by atoms with E-state index in [1.807, 2.05) is 25.2 Å². The maximum absolute atomic E-state index is 12.1. The van der Waals surface area contributed by atoms with Crippen LogP contribution in [0.2, 0.25) is 10.0 Å². The van der Waals surface area contributed by atoms with E-state index in [2.05, 4.69) is 20.5 Å². The molecule has 0 aliphatic heterocycles. The maximum atomic E-state index is 12.1. The Balaban J connectivity index is 1.65. The molecule has 6 nitrogen and oxygen atoms in total. The van der Waals surface area contributed by atoms with Crippen LogP contribution in [0.1, 0.15) is 0 Å². The molecule has 3 aromatic rings. The summed E-state index contributed by atoms with van der Waals surface area (Å²) in [5, 5.41) is 12.3. The van der Waals surface area contributed by atoms with E-state index in [9.17, 15) is 4.79 Å². The van der Waals surface area contributed by atoms with E-state index in [0.29, 0.717) is 26.7 Å². The first-order valence-corrected chi connectivity index (χ1v) is 8.98. The Kier molecular flexibility index (Phi) is 5.57. The first kappa shape index (κ1) is 17.7. The van der Waals surface area contributed by atoms with Crippen LogP contribution in [0.15, 0.2) is 47.8 Å². The Morgan fingerprint density at radius 3 is 2.80 bits per heavy atom. The number of anilines is 1. The first-order valence-electron chi connectivity index (χ1n) is 7.23. The van der Waals surface area contributed by atoms with Crippen LogP contribution in [-0.4, -0.2) is 31.4 Å². The fraction of sp³-hybridized carbons (Fsp3) is 0.125. The van der Waals surface area contributed by atoms with Gasteiger partial charge in [0, 0.05) is 13.2 Å². The molecule has 0 atom stereocenters. The summed E-state index contributed by atoms with van der Waals surface area (Å²) in [6.07, 6.45) is 1.69. The van der Waals surface area contributed by atoms with Crippen LogP contribution in [0.4, 0.5) is 5.69 Å². The van der Waals surface area contributed by atoms with Crippen molar-refractivity contribution in [2.24, 2.45) is 7.05 Å². The summed E-state index contributed by atoms with van der Waals surface area (Å²) >= 11 is 13.3. The van der Waals surface area contributed by atoms with Crippen LogP contribution in [0.3, 0.4) is 0 Å². The number of amides is 1. The molecule has 1 amide bonds. The number of hydrogen-bond donors (Lipinski definition) is 1. The monoisotopic (exact) mass is 393 g/mol. The van der Waals surface area contributed by atoms with Gasteiger partial charge in [0.15, 0.2) is 11.0 Å². The quantitative estimate of drug-likeness (QED) is 0.665. The van der Waals surface area contributed by atoms with E-state index < -0.39 is 0 Å². The zero-order valence-corrected chi connectivity index (χ0v) is 15.4. The number of nitrogens with zero attached hydrogens (tertiary/aromatic N) is 4. The van der Waals surface area contributed by atoms with Crippen LogP contribution in [-0.2, 0) is 11.8 Å². The van der Waals surface area contributed by atoms with Crippen LogP contribution in [0, 0.1) is 0 Å². The van der Waals surface area contributed by atoms with Crippen molar-refractivity contribution in [3.63, 3.8) is 0 Å². The van der Waals surface area contributed by atoms with Crippen molar-refractivity contribution in [1.29, 1.82) is 0 Å². The van der Waals surface area contributed by atoms with Gasteiger partial charge in [-0.15, -0.1) is 10.2 Å². The lowest BCUT2D eigenvalue weighted by molar-refractivity contribution is -0.113. The van der Waals surface area contributed by atoms with Gasteiger partial charge in [-0.25, -0.2) is 0 Å². The predicted octanol–water partition coefficient (Wildman–Crippen LogP) is 3.91. The van der Waals surface area contributed by atoms with E-state index in [-0.39, 0.29) is 11.7 Å². The van der Waals surface area contributed by atoms with Crippen LogP contribution in [0.25, 0.3) is 11.5 Å². The zero-order valence-electron chi connectivity index (χ0n) is 13.1. The summed E-state index contributed by atoms with van der Waals surface area (Å²) in [5.41, 5.74) is 1.20. The number of pyridine rings is 1. The van der Waals surface area contributed by atoms with Gasteiger partial charge >= 0.3 is 0 Å². The Morgan fingerprint density at radius 2 is 2.04 bits per heavy atom.